The van der Waals surface area contributed by atoms with Crippen molar-refractivity contribution in [1.82, 2.24) is 9.36 Å². The minimum Gasteiger partial charge on any atom is -0.295 e. The van der Waals surface area contributed by atoms with Gasteiger partial charge in [0.1, 0.15) is 5.82 Å². The molecule has 1 aromatic rings. The lowest BCUT2D eigenvalue weighted by Gasteiger charge is -1.92. The van der Waals surface area contributed by atoms with Crippen LogP contribution in [0.1, 0.15) is 35.4 Å². The third-order valence-electron chi connectivity index (χ3n) is 1.07. The van der Waals surface area contributed by atoms with Crippen molar-refractivity contribution in [3.8, 4) is 0 Å². The fourth-order valence-electron chi connectivity index (χ4n) is 0.530. The van der Waals surface area contributed by atoms with Gasteiger partial charge in [0, 0.05) is 5.92 Å². The molecule has 0 aliphatic carbocycles. The molecule has 0 spiro atoms. The second kappa shape index (κ2) is 2.88. The van der Waals surface area contributed by atoms with Crippen molar-refractivity contribution in [3.05, 3.63) is 10.8 Å². The summed E-state index contributed by atoms with van der Waals surface area (Å²) in [6.45, 7) is 3.99. The molecule has 0 aliphatic rings. The normalized spacial score (nSPS) is 10.3. The molecule has 0 saturated heterocycles. The fourth-order valence-corrected chi connectivity index (χ4v) is 1.15. The van der Waals surface area contributed by atoms with Gasteiger partial charge in [0.05, 0.1) is 0 Å². The van der Waals surface area contributed by atoms with E-state index >= 15 is 0 Å². The van der Waals surface area contributed by atoms with Gasteiger partial charge in [0.2, 0.25) is 0 Å². The van der Waals surface area contributed by atoms with Crippen molar-refractivity contribution in [2.45, 2.75) is 19.8 Å². The van der Waals surface area contributed by atoms with Gasteiger partial charge in [-0.25, -0.2) is 4.98 Å². The molecule has 10 heavy (non-hydrogen) atoms. The summed E-state index contributed by atoms with van der Waals surface area (Å²) in [5.74, 6) is 1.07. The molecule has 1 aromatic heterocycles. The van der Waals surface area contributed by atoms with E-state index in [0.29, 0.717) is 10.9 Å². The van der Waals surface area contributed by atoms with Crippen LogP contribution in [0.2, 0.25) is 0 Å². The Morgan fingerprint density at radius 1 is 1.60 bits per heavy atom. The highest BCUT2D eigenvalue weighted by Crippen LogP contribution is 2.11. The molecule has 0 radical (unpaired) electrons. The van der Waals surface area contributed by atoms with Gasteiger partial charge in [-0.1, -0.05) is 13.8 Å². The van der Waals surface area contributed by atoms with Crippen molar-refractivity contribution in [1.29, 1.82) is 0 Å². The fraction of sp³-hybridized carbons (Fsp3) is 0.500. The highest BCUT2D eigenvalue weighted by molar-refractivity contribution is 7.07. The Labute approximate surface area is 63.3 Å². The smallest absolute Gasteiger partial charge is 0.180 e. The first-order chi connectivity index (χ1) is 4.74. The van der Waals surface area contributed by atoms with Crippen LogP contribution in [0, 0.1) is 0 Å². The Hall–Kier alpha value is -0.770. The molecular weight excluding hydrogens is 148 g/mol. The van der Waals surface area contributed by atoms with Crippen LogP contribution in [0.3, 0.4) is 0 Å². The Balaban J connectivity index is 2.88. The lowest BCUT2D eigenvalue weighted by atomic mass is 10.2. The third-order valence-corrected chi connectivity index (χ3v) is 1.73. The molecule has 4 heteroatoms. The average Bonchev–Trinajstić information content (AvgIpc) is 2.34. The Kier molecular flexibility index (Phi) is 2.11. The van der Waals surface area contributed by atoms with E-state index < -0.39 is 0 Å². The van der Waals surface area contributed by atoms with E-state index in [0.717, 1.165) is 23.6 Å². The van der Waals surface area contributed by atoms with Crippen LogP contribution in [0.25, 0.3) is 0 Å². The molecule has 0 N–H and O–H groups in total. The van der Waals surface area contributed by atoms with E-state index in [1.807, 2.05) is 13.8 Å². The van der Waals surface area contributed by atoms with E-state index in [9.17, 15) is 4.79 Å². The summed E-state index contributed by atoms with van der Waals surface area (Å²) in [7, 11) is 0. The zero-order valence-corrected chi connectivity index (χ0v) is 6.68. The first kappa shape index (κ1) is 7.34. The van der Waals surface area contributed by atoms with Crippen molar-refractivity contribution in [2.24, 2.45) is 0 Å². The number of carbonyl (C=O) groups is 1. The first-order valence-electron chi connectivity index (χ1n) is 3.03. The van der Waals surface area contributed by atoms with Crippen LogP contribution in [-0.2, 0) is 0 Å². The predicted molar refractivity (Wildman–Crippen MR) is 39.4 cm³/mol. The molecule has 0 aromatic carbocycles. The maximum atomic E-state index is 10.2. The van der Waals surface area contributed by atoms with E-state index in [4.69, 9.17) is 0 Å². The molecule has 3 nitrogen and oxygen atoms in total. The van der Waals surface area contributed by atoms with Crippen molar-refractivity contribution in [3.63, 3.8) is 0 Å². The summed E-state index contributed by atoms with van der Waals surface area (Å²) < 4.78 is 3.99. The predicted octanol–water partition coefficient (Wildman–Crippen LogP) is 1.47. The first-order valence-corrected chi connectivity index (χ1v) is 3.80. The van der Waals surface area contributed by atoms with E-state index in [1.165, 1.54) is 0 Å². The topological polar surface area (TPSA) is 42.9 Å². The van der Waals surface area contributed by atoms with Gasteiger partial charge < -0.3 is 0 Å². The largest absolute Gasteiger partial charge is 0.295 e. The average molecular weight is 156 g/mol. The Morgan fingerprint density at radius 3 is 2.60 bits per heavy atom. The SMILES string of the molecule is CC(C)c1nsc(C=O)n1. The monoisotopic (exact) mass is 156 g/mol. The quantitative estimate of drug-likeness (QED) is 0.609. The molecule has 0 saturated carbocycles. The van der Waals surface area contributed by atoms with E-state index in [-0.39, 0.29) is 0 Å². The van der Waals surface area contributed by atoms with Crippen LogP contribution in [0.15, 0.2) is 0 Å². The molecule has 1 rings (SSSR count). The summed E-state index contributed by atoms with van der Waals surface area (Å²) in [6.07, 6.45) is 0.726. The molecule has 0 unspecified atom stereocenters. The number of hydrogen-bond donors (Lipinski definition) is 0. The Morgan fingerprint density at radius 2 is 2.30 bits per heavy atom. The molecule has 0 amide bonds. The molecule has 0 fully saturated rings. The number of rotatable bonds is 2. The summed E-state index contributed by atoms with van der Waals surface area (Å²) in [5, 5.41) is 0.462. The minimum atomic E-state index is 0.310. The van der Waals surface area contributed by atoms with E-state index in [2.05, 4.69) is 9.36 Å². The number of aromatic nitrogens is 2. The minimum absolute atomic E-state index is 0.310. The van der Waals surface area contributed by atoms with Crippen LogP contribution in [-0.4, -0.2) is 15.6 Å². The Bertz CT molecular complexity index is 231. The second-order valence-electron chi connectivity index (χ2n) is 2.26. The number of aldehydes is 1. The van der Waals surface area contributed by atoms with Gasteiger partial charge in [-0.05, 0) is 11.5 Å². The van der Waals surface area contributed by atoms with Gasteiger partial charge in [-0.3, -0.25) is 4.79 Å². The summed E-state index contributed by atoms with van der Waals surface area (Å²) in [4.78, 5) is 14.1. The van der Waals surface area contributed by atoms with Crippen molar-refractivity contribution in [2.75, 3.05) is 0 Å². The molecule has 0 bridgehead atoms. The second-order valence-corrected chi connectivity index (χ2v) is 3.05. The van der Waals surface area contributed by atoms with Crippen LogP contribution >= 0.6 is 11.5 Å². The van der Waals surface area contributed by atoms with Gasteiger partial charge in [-0.2, -0.15) is 4.37 Å². The highest BCUT2D eigenvalue weighted by atomic mass is 32.1. The maximum Gasteiger partial charge on any atom is 0.180 e. The summed E-state index contributed by atoms with van der Waals surface area (Å²) >= 11 is 1.15. The van der Waals surface area contributed by atoms with Crippen LogP contribution < -0.4 is 0 Å². The van der Waals surface area contributed by atoms with Gasteiger partial charge in [-0.15, -0.1) is 0 Å². The zero-order chi connectivity index (χ0) is 7.56. The van der Waals surface area contributed by atoms with Gasteiger partial charge >= 0.3 is 0 Å². The zero-order valence-electron chi connectivity index (χ0n) is 5.87. The van der Waals surface area contributed by atoms with Crippen LogP contribution in [0.5, 0.6) is 0 Å². The maximum absolute atomic E-state index is 10.2. The lowest BCUT2D eigenvalue weighted by molar-refractivity contribution is 0.112. The molecular formula is C6H8N2OS. The van der Waals surface area contributed by atoms with Gasteiger partial charge in [0.15, 0.2) is 11.3 Å². The van der Waals surface area contributed by atoms with Crippen molar-refractivity contribution >= 4 is 17.8 Å². The number of nitrogens with zero attached hydrogens (tertiary/aromatic N) is 2. The third kappa shape index (κ3) is 1.39. The summed E-state index contributed by atoms with van der Waals surface area (Å²) in [5.41, 5.74) is 0. The molecule has 54 valence electrons. The lowest BCUT2D eigenvalue weighted by Crippen LogP contribution is -1.89. The standard InChI is InChI=1S/C6H8N2OS/c1-4(2)6-7-5(3-9)10-8-6/h3-4H,1-2H3. The molecule has 0 aliphatic heterocycles. The van der Waals surface area contributed by atoms with Crippen molar-refractivity contribution < 1.29 is 4.79 Å². The molecule has 0 atom stereocenters. The molecule has 1 heterocycles. The van der Waals surface area contributed by atoms with Crippen LogP contribution in [0.4, 0.5) is 0 Å². The highest BCUT2D eigenvalue weighted by Gasteiger charge is 2.05. The summed E-state index contributed by atoms with van der Waals surface area (Å²) in [6, 6.07) is 0. The van der Waals surface area contributed by atoms with Gasteiger partial charge in [0.25, 0.3) is 0 Å². The number of hydrogen-bond acceptors (Lipinski definition) is 4. The number of carbonyl (C=O) groups excluding carboxylic acids is 1. The van der Waals surface area contributed by atoms with E-state index in [1.54, 1.807) is 0 Å².